The summed E-state index contributed by atoms with van der Waals surface area (Å²) < 4.78 is 0. The van der Waals surface area contributed by atoms with Crippen LogP contribution in [0.3, 0.4) is 0 Å². The molecule has 14 heavy (non-hydrogen) atoms. The molecule has 0 saturated carbocycles. The zero-order chi connectivity index (χ0) is 11.0. The molecule has 1 atom stereocenters. The number of carbonyl (C=O) groups excluding carboxylic acids is 1. The molecule has 0 radical (unpaired) electrons. The van der Waals surface area contributed by atoms with Crippen LogP contribution in [0.1, 0.15) is 6.42 Å². The van der Waals surface area contributed by atoms with Crippen LogP contribution in [0, 0.1) is 0 Å². The molecule has 0 aromatic carbocycles. The first-order valence-corrected chi connectivity index (χ1v) is 5.44. The van der Waals surface area contributed by atoms with Crippen molar-refractivity contribution in [3.63, 3.8) is 0 Å². The first kappa shape index (κ1) is 13.3. The van der Waals surface area contributed by atoms with E-state index in [-0.39, 0.29) is 0 Å². The third-order valence-corrected chi connectivity index (χ3v) is 2.75. The Hall–Kier alpha value is -0.680. The number of aliphatic carboxylic acids is 1. The lowest BCUT2D eigenvalue weighted by molar-refractivity contribution is -0.140. The number of hydrogen-bond acceptors (Lipinski definition) is 3. The van der Waals surface area contributed by atoms with E-state index < -0.39 is 12.0 Å². The average Bonchev–Trinajstić information content (AvgIpc) is 2.09. The number of hydrogen-bond donors (Lipinski definition) is 2. The molecule has 0 aromatic rings. The Labute approximate surface area is 91.7 Å². The molecule has 0 bridgehead atoms. The molecule has 4 nitrogen and oxygen atoms in total. The molecule has 0 aromatic heterocycles. The molecule has 0 saturated heterocycles. The maximum atomic E-state index is 10.5. The van der Waals surface area contributed by atoms with Crippen LogP contribution in [0.4, 0.5) is 0 Å². The van der Waals surface area contributed by atoms with Gasteiger partial charge in [0.2, 0.25) is 6.41 Å². The van der Waals surface area contributed by atoms with E-state index in [1.165, 1.54) is 11.8 Å². The fourth-order valence-corrected chi connectivity index (χ4v) is 1.74. The van der Waals surface area contributed by atoms with Gasteiger partial charge >= 0.3 is 5.97 Å². The van der Waals surface area contributed by atoms with Gasteiger partial charge in [0.05, 0.1) is 0 Å². The Bertz CT molecular complexity index is 223. The number of carboxylic acid groups (broad SMARTS) is 1. The zero-order valence-corrected chi connectivity index (χ0v) is 9.11. The molecule has 0 aliphatic carbocycles. The second-order valence-corrected chi connectivity index (χ2v) is 4.17. The minimum Gasteiger partial charge on any atom is -0.480 e. The third kappa shape index (κ3) is 6.80. The summed E-state index contributed by atoms with van der Waals surface area (Å²) in [4.78, 5) is 20.6. The van der Waals surface area contributed by atoms with Crippen molar-refractivity contribution in [2.45, 2.75) is 12.5 Å². The minimum absolute atomic E-state index is 0.378. The van der Waals surface area contributed by atoms with Crippen LogP contribution < -0.4 is 5.32 Å². The van der Waals surface area contributed by atoms with Gasteiger partial charge in [-0.25, -0.2) is 4.79 Å². The fourth-order valence-electron chi connectivity index (χ4n) is 0.744. The number of amides is 1. The Morgan fingerprint density at radius 1 is 1.71 bits per heavy atom. The van der Waals surface area contributed by atoms with Gasteiger partial charge in [-0.15, -0.1) is 0 Å². The Morgan fingerprint density at radius 2 is 2.36 bits per heavy atom. The van der Waals surface area contributed by atoms with Crippen LogP contribution in [0.25, 0.3) is 0 Å². The highest BCUT2D eigenvalue weighted by atomic mass is 35.5. The predicted molar refractivity (Wildman–Crippen MR) is 57.6 cm³/mol. The van der Waals surface area contributed by atoms with Crippen LogP contribution in [0.2, 0.25) is 0 Å². The van der Waals surface area contributed by atoms with E-state index in [1.807, 2.05) is 0 Å². The van der Waals surface area contributed by atoms with E-state index in [4.69, 9.17) is 16.7 Å². The fraction of sp³-hybridized carbons (Fsp3) is 0.500. The van der Waals surface area contributed by atoms with Gasteiger partial charge in [0.25, 0.3) is 0 Å². The number of halogens is 1. The first-order valence-electron chi connectivity index (χ1n) is 3.91. The van der Waals surface area contributed by atoms with Crippen molar-refractivity contribution in [3.8, 4) is 0 Å². The SMILES string of the molecule is C=C(Cl)CSCCC(NC=O)C(=O)O. The highest BCUT2D eigenvalue weighted by molar-refractivity contribution is 7.99. The second kappa shape index (κ2) is 7.70. The molecular weight excluding hydrogens is 226 g/mol. The van der Waals surface area contributed by atoms with Gasteiger partial charge in [0.1, 0.15) is 6.04 Å². The van der Waals surface area contributed by atoms with Crippen LogP contribution >= 0.6 is 23.4 Å². The van der Waals surface area contributed by atoms with Gasteiger partial charge in [0, 0.05) is 10.8 Å². The maximum Gasteiger partial charge on any atom is 0.326 e. The summed E-state index contributed by atoms with van der Waals surface area (Å²) >= 11 is 7.00. The van der Waals surface area contributed by atoms with Crippen molar-refractivity contribution in [2.75, 3.05) is 11.5 Å². The van der Waals surface area contributed by atoms with Gasteiger partial charge in [-0.2, -0.15) is 11.8 Å². The Balaban J connectivity index is 3.66. The van der Waals surface area contributed by atoms with Crippen molar-refractivity contribution in [2.24, 2.45) is 0 Å². The summed E-state index contributed by atoms with van der Waals surface area (Å²) in [7, 11) is 0. The van der Waals surface area contributed by atoms with E-state index in [9.17, 15) is 9.59 Å². The topological polar surface area (TPSA) is 66.4 Å². The molecule has 2 N–H and O–H groups in total. The van der Waals surface area contributed by atoms with Crippen LogP contribution in [0.15, 0.2) is 11.6 Å². The second-order valence-electron chi connectivity index (χ2n) is 2.53. The van der Waals surface area contributed by atoms with Gasteiger partial charge in [-0.3, -0.25) is 4.79 Å². The van der Waals surface area contributed by atoms with Crippen LogP contribution in [-0.2, 0) is 9.59 Å². The molecule has 1 amide bonds. The number of nitrogens with one attached hydrogen (secondary N) is 1. The lowest BCUT2D eigenvalue weighted by Gasteiger charge is -2.09. The van der Waals surface area contributed by atoms with Crippen molar-refractivity contribution in [1.29, 1.82) is 0 Å². The van der Waals surface area contributed by atoms with E-state index >= 15 is 0 Å². The minimum atomic E-state index is -1.03. The highest BCUT2D eigenvalue weighted by Crippen LogP contribution is 2.11. The molecule has 6 heteroatoms. The van der Waals surface area contributed by atoms with Gasteiger partial charge in [0.15, 0.2) is 0 Å². The molecule has 80 valence electrons. The summed E-state index contributed by atoms with van der Waals surface area (Å²) in [5.74, 6) is 0.181. The summed E-state index contributed by atoms with van der Waals surface area (Å²) in [5, 5.41) is 11.4. The smallest absolute Gasteiger partial charge is 0.326 e. The number of thioether (sulfide) groups is 1. The Morgan fingerprint density at radius 3 is 2.79 bits per heavy atom. The van der Waals surface area contributed by atoms with Crippen LogP contribution in [0.5, 0.6) is 0 Å². The molecular formula is C8H12ClNO3S. The van der Waals surface area contributed by atoms with E-state index in [1.54, 1.807) is 0 Å². The largest absolute Gasteiger partial charge is 0.480 e. The molecule has 0 aliphatic rings. The van der Waals surface area contributed by atoms with Crippen LogP contribution in [-0.4, -0.2) is 35.0 Å². The summed E-state index contributed by atoms with van der Waals surface area (Å²) in [6.45, 7) is 3.50. The van der Waals surface area contributed by atoms with Crippen molar-refractivity contribution in [3.05, 3.63) is 11.6 Å². The molecule has 1 unspecified atom stereocenters. The maximum absolute atomic E-state index is 10.5. The number of rotatable bonds is 8. The van der Waals surface area contributed by atoms with E-state index in [0.29, 0.717) is 29.4 Å². The lowest BCUT2D eigenvalue weighted by Crippen LogP contribution is -2.36. The van der Waals surface area contributed by atoms with Gasteiger partial charge in [-0.05, 0) is 12.2 Å². The zero-order valence-electron chi connectivity index (χ0n) is 7.53. The molecule has 0 aliphatic heterocycles. The summed E-state index contributed by atoms with van der Waals surface area (Å²) in [6, 6.07) is -0.816. The molecule has 0 fully saturated rings. The number of carboxylic acids is 1. The first-order chi connectivity index (χ1) is 6.57. The van der Waals surface area contributed by atoms with Gasteiger partial charge < -0.3 is 10.4 Å². The standard InChI is InChI=1S/C8H12ClNO3S/c1-6(9)4-14-3-2-7(8(12)13)10-5-11/h5,7H,1-4H2,(H,10,11)(H,12,13). The quantitative estimate of drug-likeness (QED) is 0.489. The summed E-state index contributed by atoms with van der Waals surface area (Å²) in [5.41, 5.74) is 0. The van der Waals surface area contributed by atoms with Crippen molar-refractivity contribution >= 4 is 35.7 Å². The normalized spacial score (nSPS) is 11.8. The van der Waals surface area contributed by atoms with Gasteiger partial charge in [-0.1, -0.05) is 18.2 Å². The number of carbonyl (C=O) groups is 2. The monoisotopic (exact) mass is 237 g/mol. The average molecular weight is 238 g/mol. The third-order valence-electron chi connectivity index (χ3n) is 1.38. The van der Waals surface area contributed by atoms with E-state index in [0.717, 1.165) is 0 Å². The van der Waals surface area contributed by atoms with Crippen molar-refractivity contribution in [1.82, 2.24) is 5.32 Å². The summed E-state index contributed by atoms with van der Waals surface area (Å²) in [6.07, 6.45) is 0.771. The lowest BCUT2D eigenvalue weighted by atomic mass is 10.2. The Kier molecular flexibility index (Phi) is 7.32. The molecule has 0 spiro atoms. The van der Waals surface area contributed by atoms with Crippen molar-refractivity contribution < 1.29 is 14.7 Å². The van der Waals surface area contributed by atoms with E-state index in [2.05, 4.69) is 11.9 Å². The highest BCUT2D eigenvalue weighted by Gasteiger charge is 2.15. The molecule has 0 rings (SSSR count). The molecule has 0 heterocycles. The predicted octanol–water partition coefficient (Wildman–Crippen LogP) is 1.06.